The van der Waals surface area contributed by atoms with Gasteiger partial charge < -0.3 is 4.43 Å². The zero-order valence-corrected chi connectivity index (χ0v) is 10.8. The van der Waals surface area contributed by atoms with Crippen molar-refractivity contribution in [3.8, 4) is 5.75 Å². The molecular weight excluding hydrogens is 270 g/mol. The smallest absolute Gasteiger partial charge is 0.242 e. The van der Waals surface area contributed by atoms with E-state index in [0.29, 0.717) is 4.47 Å². The van der Waals surface area contributed by atoms with E-state index in [-0.39, 0.29) is 5.75 Å². The predicted molar refractivity (Wildman–Crippen MR) is 58.0 cm³/mol. The number of hydrogen-bond donors (Lipinski definition) is 0. The average Bonchev–Trinajstić information content (AvgIpc) is 1.95. The van der Waals surface area contributed by atoms with Gasteiger partial charge in [-0.25, -0.2) is 8.78 Å². The first kappa shape index (κ1) is 11.7. The third-order valence-corrected chi connectivity index (χ3v) is 2.65. The lowest BCUT2D eigenvalue weighted by atomic mass is 10.3. The van der Waals surface area contributed by atoms with Crippen LogP contribution in [-0.2, 0) is 0 Å². The van der Waals surface area contributed by atoms with Gasteiger partial charge in [-0.05, 0) is 31.8 Å². The number of rotatable bonds is 2. The monoisotopic (exact) mass is 280 g/mol. The maximum atomic E-state index is 13.3. The molecule has 0 N–H and O–H groups in total. The Hall–Kier alpha value is -0.423. The van der Waals surface area contributed by atoms with E-state index < -0.39 is 20.0 Å². The molecule has 0 aliphatic heterocycles. The molecule has 0 aliphatic carbocycles. The minimum Gasteiger partial charge on any atom is -0.540 e. The fourth-order valence-corrected chi connectivity index (χ4v) is 2.14. The lowest BCUT2D eigenvalue weighted by Crippen LogP contribution is -2.30. The first-order valence-electron chi connectivity index (χ1n) is 4.13. The van der Waals surface area contributed by atoms with Crippen molar-refractivity contribution in [3.05, 3.63) is 28.2 Å². The van der Waals surface area contributed by atoms with Crippen LogP contribution >= 0.6 is 15.9 Å². The molecule has 0 atom stereocenters. The van der Waals surface area contributed by atoms with Crippen molar-refractivity contribution < 1.29 is 13.2 Å². The zero-order chi connectivity index (χ0) is 10.9. The standard InChI is InChI=1S/C9H11BrF2OSi/c1-14(2,3)13-9-7(11)4-6(10)5-8(9)12/h4-5H,1-3H3. The van der Waals surface area contributed by atoms with Crippen molar-refractivity contribution in [3.63, 3.8) is 0 Å². The molecule has 0 spiro atoms. The summed E-state index contributed by atoms with van der Waals surface area (Å²) in [5.74, 6) is -1.61. The van der Waals surface area contributed by atoms with Crippen LogP contribution in [-0.4, -0.2) is 8.32 Å². The summed E-state index contributed by atoms with van der Waals surface area (Å²) in [7, 11) is -1.97. The van der Waals surface area contributed by atoms with E-state index in [2.05, 4.69) is 15.9 Å². The van der Waals surface area contributed by atoms with Crippen molar-refractivity contribution in [2.45, 2.75) is 19.6 Å². The van der Waals surface area contributed by atoms with Gasteiger partial charge in [-0.3, -0.25) is 0 Å². The van der Waals surface area contributed by atoms with Gasteiger partial charge in [0, 0.05) is 4.47 Å². The number of benzene rings is 1. The minimum atomic E-state index is -1.97. The van der Waals surface area contributed by atoms with Crippen LogP contribution in [0.25, 0.3) is 0 Å². The third kappa shape index (κ3) is 3.06. The zero-order valence-electron chi connectivity index (χ0n) is 8.20. The van der Waals surface area contributed by atoms with E-state index in [1.165, 1.54) is 12.1 Å². The Morgan fingerprint density at radius 2 is 1.57 bits per heavy atom. The molecule has 14 heavy (non-hydrogen) atoms. The molecule has 0 amide bonds. The van der Waals surface area contributed by atoms with Crippen LogP contribution in [0.5, 0.6) is 5.75 Å². The van der Waals surface area contributed by atoms with Crippen LogP contribution in [0.3, 0.4) is 0 Å². The molecule has 1 rings (SSSR count). The van der Waals surface area contributed by atoms with Gasteiger partial charge >= 0.3 is 0 Å². The summed E-state index contributed by atoms with van der Waals surface area (Å²) in [6.07, 6.45) is 0. The summed E-state index contributed by atoms with van der Waals surface area (Å²) in [5.41, 5.74) is 0. The minimum absolute atomic E-state index is 0.271. The lowest BCUT2D eigenvalue weighted by molar-refractivity contribution is 0.450. The normalized spacial score (nSPS) is 11.6. The second kappa shape index (κ2) is 3.98. The van der Waals surface area contributed by atoms with Crippen molar-refractivity contribution >= 4 is 24.2 Å². The molecule has 0 saturated carbocycles. The maximum Gasteiger partial charge on any atom is 0.242 e. The van der Waals surface area contributed by atoms with Gasteiger partial charge in [0.25, 0.3) is 0 Å². The van der Waals surface area contributed by atoms with Gasteiger partial charge in [-0.15, -0.1) is 0 Å². The first-order chi connectivity index (χ1) is 6.29. The van der Waals surface area contributed by atoms with Gasteiger partial charge in [-0.1, -0.05) is 15.9 Å². The van der Waals surface area contributed by atoms with E-state index in [1.807, 2.05) is 19.6 Å². The predicted octanol–water partition coefficient (Wildman–Crippen LogP) is 3.94. The Bertz CT molecular complexity index is 326. The molecule has 0 bridgehead atoms. The van der Waals surface area contributed by atoms with Gasteiger partial charge in [0.1, 0.15) is 0 Å². The number of hydrogen-bond acceptors (Lipinski definition) is 1. The van der Waals surface area contributed by atoms with Crippen LogP contribution < -0.4 is 4.43 Å². The Labute approximate surface area is 91.3 Å². The molecule has 0 radical (unpaired) electrons. The van der Waals surface area contributed by atoms with Crippen molar-refractivity contribution in [2.24, 2.45) is 0 Å². The van der Waals surface area contributed by atoms with Crippen LogP contribution in [0.1, 0.15) is 0 Å². The van der Waals surface area contributed by atoms with Gasteiger partial charge in [-0.2, -0.15) is 0 Å². The molecule has 0 fully saturated rings. The SMILES string of the molecule is C[Si](C)(C)Oc1c(F)cc(Br)cc1F. The van der Waals surface area contributed by atoms with E-state index in [1.54, 1.807) is 0 Å². The molecule has 0 unspecified atom stereocenters. The quantitative estimate of drug-likeness (QED) is 0.746. The lowest BCUT2D eigenvalue weighted by Gasteiger charge is -2.20. The highest BCUT2D eigenvalue weighted by Crippen LogP contribution is 2.27. The van der Waals surface area contributed by atoms with Crippen molar-refractivity contribution in [2.75, 3.05) is 0 Å². The van der Waals surface area contributed by atoms with Crippen LogP contribution in [0.15, 0.2) is 16.6 Å². The molecule has 0 saturated heterocycles. The van der Waals surface area contributed by atoms with Crippen LogP contribution in [0.4, 0.5) is 8.78 Å². The first-order valence-corrected chi connectivity index (χ1v) is 8.33. The molecule has 1 nitrogen and oxygen atoms in total. The Morgan fingerprint density at radius 3 is 1.93 bits per heavy atom. The summed E-state index contributed by atoms with van der Waals surface area (Å²) in [5, 5.41) is 0. The number of halogens is 3. The van der Waals surface area contributed by atoms with E-state index in [0.717, 1.165) is 0 Å². The molecule has 1 aromatic carbocycles. The molecule has 0 aromatic heterocycles. The van der Waals surface area contributed by atoms with Crippen LogP contribution in [0, 0.1) is 11.6 Å². The second-order valence-corrected chi connectivity index (χ2v) is 9.26. The van der Waals surface area contributed by atoms with Gasteiger partial charge in [0.15, 0.2) is 17.4 Å². The van der Waals surface area contributed by atoms with Crippen LogP contribution in [0.2, 0.25) is 19.6 Å². The summed E-state index contributed by atoms with van der Waals surface area (Å²) < 4.78 is 32.2. The van der Waals surface area contributed by atoms with E-state index >= 15 is 0 Å². The van der Waals surface area contributed by atoms with Crippen molar-refractivity contribution in [1.29, 1.82) is 0 Å². The fraction of sp³-hybridized carbons (Fsp3) is 0.333. The largest absolute Gasteiger partial charge is 0.540 e. The third-order valence-electron chi connectivity index (χ3n) is 1.37. The molecule has 5 heteroatoms. The van der Waals surface area contributed by atoms with Gasteiger partial charge in [0.05, 0.1) is 0 Å². The molecule has 78 valence electrons. The van der Waals surface area contributed by atoms with Gasteiger partial charge in [0.2, 0.25) is 8.32 Å². The highest BCUT2D eigenvalue weighted by molar-refractivity contribution is 9.10. The highest BCUT2D eigenvalue weighted by Gasteiger charge is 2.21. The second-order valence-electron chi connectivity index (χ2n) is 3.91. The summed E-state index contributed by atoms with van der Waals surface area (Å²) in [6.45, 7) is 5.61. The Morgan fingerprint density at radius 1 is 1.14 bits per heavy atom. The summed E-state index contributed by atoms with van der Waals surface area (Å²) in [4.78, 5) is 0. The Balaban J connectivity index is 3.09. The molecule has 0 aliphatic rings. The summed E-state index contributed by atoms with van der Waals surface area (Å²) >= 11 is 3.00. The summed E-state index contributed by atoms with van der Waals surface area (Å²) in [6, 6.07) is 2.39. The fourth-order valence-electron chi connectivity index (χ4n) is 0.933. The highest BCUT2D eigenvalue weighted by atomic mass is 79.9. The molecule has 1 aromatic rings. The molecule has 0 heterocycles. The van der Waals surface area contributed by atoms with E-state index in [9.17, 15) is 8.78 Å². The maximum absolute atomic E-state index is 13.3. The van der Waals surface area contributed by atoms with E-state index in [4.69, 9.17) is 4.43 Å². The molecular formula is C9H11BrF2OSi. The topological polar surface area (TPSA) is 9.23 Å². The van der Waals surface area contributed by atoms with Crippen molar-refractivity contribution in [1.82, 2.24) is 0 Å². The average molecular weight is 281 g/mol. The Kier molecular flexibility index (Phi) is 3.31.